The van der Waals surface area contributed by atoms with Crippen molar-refractivity contribution < 1.29 is 9.90 Å². The van der Waals surface area contributed by atoms with E-state index in [1.165, 1.54) is 6.33 Å². The summed E-state index contributed by atoms with van der Waals surface area (Å²) in [5.41, 5.74) is 3.58. The molecule has 2 heterocycles. The second kappa shape index (κ2) is 7.62. The Morgan fingerprint density at radius 1 is 1.03 bits per heavy atom. The third-order valence-corrected chi connectivity index (χ3v) is 5.07. The van der Waals surface area contributed by atoms with Crippen molar-refractivity contribution in [2.75, 3.05) is 17.7 Å². The molecule has 4 aromatic rings. The molecule has 0 radical (unpaired) electrons. The van der Waals surface area contributed by atoms with Crippen LogP contribution >= 0.6 is 23.2 Å². The third-order valence-electron chi connectivity index (χ3n) is 4.46. The summed E-state index contributed by atoms with van der Waals surface area (Å²) in [5.74, 6) is 0.153. The molecule has 0 saturated heterocycles. The van der Waals surface area contributed by atoms with E-state index in [0.29, 0.717) is 26.8 Å². The molecule has 2 aromatic carbocycles. The lowest BCUT2D eigenvalue weighted by Gasteiger charge is -2.08. The Bertz CT molecular complexity index is 1200. The Balaban J connectivity index is 2.05. The van der Waals surface area contributed by atoms with Crippen molar-refractivity contribution in [2.45, 2.75) is 0 Å². The van der Waals surface area contributed by atoms with Gasteiger partial charge in [0.15, 0.2) is 5.65 Å². The van der Waals surface area contributed by atoms with Gasteiger partial charge >= 0.3 is 6.09 Å². The van der Waals surface area contributed by atoms with Crippen LogP contribution in [0.3, 0.4) is 0 Å². The fourth-order valence-electron chi connectivity index (χ4n) is 3.17. The lowest BCUT2D eigenvalue weighted by molar-refractivity contribution is 0.209. The molecule has 7 nitrogen and oxygen atoms in total. The van der Waals surface area contributed by atoms with Crippen molar-refractivity contribution in [1.82, 2.24) is 14.5 Å². The zero-order valence-corrected chi connectivity index (χ0v) is 16.7. The van der Waals surface area contributed by atoms with Crippen LogP contribution in [-0.2, 0) is 0 Å². The van der Waals surface area contributed by atoms with Crippen molar-refractivity contribution in [3.8, 4) is 16.8 Å². The zero-order valence-electron chi connectivity index (χ0n) is 15.1. The van der Waals surface area contributed by atoms with E-state index in [9.17, 15) is 9.90 Å². The molecule has 0 aliphatic carbocycles. The molecule has 0 aliphatic heterocycles. The highest BCUT2D eigenvalue weighted by Crippen LogP contribution is 2.42. The standard InChI is InChI=1S/C20H15Cl2N5O2/c1-23-13-6-8-14(9-7-13)27-17(22)15(11-2-4-12(21)5-3-11)16-18(26-20(28)29)24-10-25-19(16)27/h2-10,23H,1H3,(H,28,29)(H,24,25,26). The predicted octanol–water partition coefficient (Wildman–Crippen LogP) is 5.53. The molecule has 9 heteroatoms. The summed E-state index contributed by atoms with van der Waals surface area (Å²) in [6.45, 7) is 0. The van der Waals surface area contributed by atoms with Crippen LogP contribution in [0.4, 0.5) is 16.3 Å². The van der Waals surface area contributed by atoms with E-state index in [1.54, 1.807) is 16.7 Å². The lowest BCUT2D eigenvalue weighted by atomic mass is 10.1. The summed E-state index contributed by atoms with van der Waals surface area (Å²) >= 11 is 12.8. The van der Waals surface area contributed by atoms with Crippen LogP contribution in [0.5, 0.6) is 0 Å². The van der Waals surface area contributed by atoms with Crippen LogP contribution in [0.25, 0.3) is 27.8 Å². The first-order valence-electron chi connectivity index (χ1n) is 8.58. The summed E-state index contributed by atoms with van der Waals surface area (Å²) in [4.78, 5) is 19.8. The first-order chi connectivity index (χ1) is 14.0. The van der Waals surface area contributed by atoms with Crippen LogP contribution in [0.2, 0.25) is 10.2 Å². The highest BCUT2D eigenvalue weighted by atomic mass is 35.5. The highest BCUT2D eigenvalue weighted by Gasteiger charge is 2.23. The van der Waals surface area contributed by atoms with Gasteiger partial charge in [-0.25, -0.2) is 14.8 Å². The summed E-state index contributed by atoms with van der Waals surface area (Å²) in [6.07, 6.45) is 0.0721. The van der Waals surface area contributed by atoms with E-state index in [4.69, 9.17) is 23.2 Å². The number of nitrogens with zero attached hydrogens (tertiary/aromatic N) is 3. The van der Waals surface area contributed by atoms with Crippen molar-refractivity contribution in [3.63, 3.8) is 0 Å². The zero-order chi connectivity index (χ0) is 20.5. The van der Waals surface area contributed by atoms with Gasteiger partial charge in [0.1, 0.15) is 17.3 Å². The molecule has 0 aliphatic rings. The van der Waals surface area contributed by atoms with Gasteiger partial charge in [-0.2, -0.15) is 0 Å². The Morgan fingerprint density at radius 3 is 2.34 bits per heavy atom. The fourth-order valence-corrected chi connectivity index (χ4v) is 3.68. The minimum Gasteiger partial charge on any atom is -0.465 e. The second-order valence-corrected chi connectivity index (χ2v) is 6.95. The molecule has 146 valence electrons. The number of nitrogens with one attached hydrogen (secondary N) is 2. The number of carbonyl (C=O) groups is 1. The number of amides is 1. The van der Waals surface area contributed by atoms with Crippen LogP contribution in [0.1, 0.15) is 0 Å². The highest BCUT2D eigenvalue weighted by molar-refractivity contribution is 6.36. The lowest BCUT2D eigenvalue weighted by Crippen LogP contribution is -2.09. The number of carboxylic acid groups (broad SMARTS) is 1. The average molecular weight is 428 g/mol. The van der Waals surface area contributed by atoms with Gasteiger partial charge in [-0.1, -0.05) is 35.3 Å². The molecule has 3 N–H and O–H groups in total. The predicted molar refractivity (Wildman–Crippen MR) is 116 cm³/mol. The second-order valence-electron chi connectivity index (χ2n) is 6.16. The average Bonchev–Trinajstić information content (AvgIpc) is 3.01. The number of aromatic nitrogens is 3. The topological polar surface area (TPSA) is 92.1 Å². The van der Waals surface area contributed by atoms with Gasteiger partial charge in [0.25, 0.3) is 0 Å². The Morgan fingerprint density at radius 2 is 1.72 bits per heavy atom. The smallest absolute Gasteiger partial charge is 0.410 e. The minimum atomic E-state index is -1.23. The molecule has 0 spiro atoms. The van der Waals surface area contributed by atoms with Crippen molar-refractivity contribution in [3.05, 3.63) is 65.0 Å². The third kappa shape index (κ3) is 3.46. The molecule has 0 saturated carbocycles. The number of rotatable bonds is 4. The SMILES string of the molecule is CNc1ccc(-n2c(Cl)c(-c3ccc(Cl)cc3)c3c(NC(=O)O)ncnc32)cc1. The van der Waals surface area contributed by atoms with Gasteiger partial charge in [0, 0.05) is 29.0 Å². The first kappa shape index (κ1) is 19.0. The van der Waals surface area contributed by atoms with Crippen molar-refractivity contribution in [2.24, 2.45) is 0 Å². The van der Waals surface area contributed by atoms with Gasteiger partial charge in [-0.3, -0.25) is 9.88 Å². The normalized spacial score (nSPS) is 10.9. The monoisotopic (exact) mass is 427 g/mol. The van der Waals surface area contributed by atoms with E-state index in [2.05, 4.69) is 20.6 Å². The first-order valence-corrected chi connectivity index (χ1v) is 9.34. The van der Waals surface area contributed by atoms with Gasteiger partial charge in [0.05, 0.1) is 5.39 Å². The van der Waals surface area contributed by atoms with Gasteiger partial charge in [-0.15, -0.1) is 0 Å². The minimum absolute atomic E-state index is 0.153. The maximum absolute atomic E-state index is 11.3. The summed E-state index contributed by atoms with van der Waals surface area (Å²) in [5, 5.41) is 16.1. The molecule has 0 bridgehead atoms. The van der Waals surface area contributed by atoms with E-state index < -0.39 is 6.09 Å². The molecule has 1 amide bonds. The van der Waals surface area contributed by atoms with Gasteiger partial charge < -0.3 is 10.4 Å². The van der Waals surface area contributed by atoms with E-state index in [0.717, 1.165) is 16.9 Å². The molecule has 0 fully saturated rings. The quantitative estimate of drug-likeness (QED) is 0.398. The molecule has 2 aromatic heterocycles. The Hall–Kier alpha value is -3.29. The summed E-state index contributed by atoms with van der Waals surface area (Å²) in [6, 6.07) is 14.7. The maximum atomic E-state index is 11.3. The fraction of sp³-hybridized carbons (Fsp3) is 0.0500. The molecule has 4 rings (SSSR count). The molecular formula is C20H15Cl2N5O2. The van der Waals surface area contributed by atoms with Crippen LogP contribution in [-0.4, -0.2) is 32.8 Å². The van der Waals surface area contributed by atoms with E-state index >= 15 is 0 Å². The summed E-state index contributed by atoms with van der Waals surface area (Å²) in [7, 11) is 1.84. The number of fused-ring (bicyclic) bond motifs is 1. The van der Waals surface area contributed by atoms with Crippen LogP contribution in [0.15, 0.2) is 54.9 Å². The van der Waals surface area contributed by atoms with Gasteiger partial charge in [-0.05, 0) is 42.0 Å². The van der Waals surface area contributed by atoms with Crippen LogP contribution in [0, 0.1) is 0 Å². The Labute approximate surface area is 175 Å². The van der Waals surface area contributed by atoms with E-state index in [1.807, 2.05) is 43.4 Å². The number of anilines is 2. The number of halogens is 2. The van der Waals surface area contributed by atoms with E-state index in [-0.39, 0.29) is 5.82 Å². The largest absolute Gasteiger partial charge is 0.465 e. The summed E-state index contributed by atoms with van der Waals surface area (Å²) < 4.78 is 1.76. The molecular weight excluding hydrogens is 413 g/mol. The number of hydrogen-bond acceptors (Lipinski definition) is 4. The molecule has 0 atom stereocenters. The van der Waals surface area contributed by atoms with Crippen molar-refractivity contribution >= 4 is 51.8 Å². The number of benzene rings is 2. The number of hydrogen-bond donors (Lipinski definition) is 3. The molecule has 29 heavy (non-hydrogen) atoms. The maximum Gasteiger partial charge on any atom is 0.410 e. The van der Waals surface area contributed by atoms with Crippen LogP contribution < -0.4 is 10.6 Å². The molecule has 0 unspecified atom stereocenters. The Kier molecular flexibility index (Phi) is 5.00. The van der Waals surface area contributed by atoms with Gasteiger partial charge in [0.2, 0.25) is 0 Å². The van der Waals surface area contributed by atoms with Crippen molar-refractivity contribution in [1.29, 1.82) is 0 Å².